The van der Waals surface area contributed by atoms with Crippen molar-refractivity contribution in [2.75, 3.05) is 0 Å². The van der Waals surface area contributed by atoms with Crippen LogP contribution in [0.3, 0.4) is 0 Å². The molecule has 2 N–H and O–H groups in total. The lowest BCUT2D eigenvalue weighted by molar-refractivity contribution is -0.136. The second kappa shape index (κ2) is 5.79. The van der Waals surface area contributed by atoms with Crippen molar-refractivity contribution in [3.8, 4) is 0 Å². The largest absolute Gasteiger partial charge is 0.480 e. The Bertz CT molecular complexity index is 466. The predicted molar refractivity (Wildman–Crippen MR) is 62.4 cm³/mol. The summed E-state index contributed by atoms with van der Waals surface area (Å²) in [6.07, 6.45) is 0.879. The van der Waals surface area contributed by atoms with Crippen molar-refractivity contribution in [2.24, 2.45) is 0 Å². The van der Waals surface area contributed by atoms with Crippen LogP contribution in [0.25, 0.3) is 0 Å². The predicted octanol–water partition coefficient (Wildman–Crippen LogP) is 1.35. The molecule has 6 heteroatoms. The Kier molecular flexibility index (Phi) is 4.65. The topological polar surface area (TPSA) is 91.7 Å². The summed E-state index contributed by atoms with van der Waals surface area (Å²) < 4.78 is 30.3. The Labute approximate surface area is 99.8 Å². The van der Waals surface area contributed by atoms with Gasteiger partial charge in [0, 0.05) is 0 Å². The van der Waals surface area contributed by atoms with Crippen LogP contribution in [0.2, 0.25) is 0 Å². The number of rotatable bonds is 6. The molecule has 5 nitrogen and oxygen atoms in total. The molecule has 0 saturated heterocycles. The van der Waals surface area contributed by atoms with Gasteiger partial charge in [-0.1, -0.05) is 30.3 Å². The molecule has 0 aliphatic carbocycles. The Morgan fingerprint density at radius 2 is 1.82 bits per heavy atom. The van der Waals surface area contributed by atoms with Crippen LogP contribution in [0.1, 0.15) is 18.4 Å². The van der Waals surface area contributed by atoms with Crippen LogP contribution in [-0.2, 0) is 21.3 Å². The summed E-state index contributed by atoms with van der Waals surface area (Å²) >= 11 is 0. The first-order chi connectivity index (χ1) is 7.91. The van der Waals surface area contributed by atoms with Crippen LogP contribution >= 0.6 is 0 Å². The van der Waals surface area contributed by atoms with Crippen LogP contribution < -0.4 is 0 Å². The fraction of sp³-hybridized carbons (Fsp3) is 0.364. The summed E-state index contributed by atoms with van der Waals surface area (Å²) in [5.41, 5.74) is 1.01. The number of carboxylic acid groups (broad SMARTS) is 1. The molecule has 17 heavy (non-hydrogen) atoms. The molecule has 94 valence electrons. The van der Waals surface area contributed by atoms with Crippen molar-refractivity contribution in [3.05, 3.63) is 35.9 Å². The number of hydrogen-bond donors (Lipinski definition) is 2. The maximum absolute atomic E-state index is 10.8. The number of aryl methyl sites for hydroxylation is 1. The van der Waals surface area contributed by atoms with E-state index in [0.717, 1.165) is 5.56 Å². The van der Waals surface area contributed by atoms with Gasteiger partial charge >= 0.3 is 5.97 Å². The molecule has 0 radical (unpaired) electrons. The Balaban J connectivity index is 2.52. The van der Waals surface area contributed by atoms with E-state index < -0.39 is 21.3 Å². The molecule has 0 aromatic heterocycles. The van der Waals surface area contributed by atoms with Crippen LogP contribution in [0, 0.1) is 0 Å². The first-order valence-corrected chi connectivity index (χ1v) is 6.64. The van der Waals surface area contributed by atoms with Crippen molar-refractivity contribution in [2.45, 2.75) is 24.5 Å². The molecule has 0 aliphatic rings. The normalized spacial score (nSPS) is 13.2. The van der Waals surface area contributed by atoms with Gasteiger partial charge in [0.05, 0.1) is 0 Å². The fourth-order valence-electron chi connectivity index (χ4n) is 1.54. The van der Waals surface area contributed by atoms with Gasteiger partial charge in [0.1, 0.15) is 0 Å². The highest BCUT2D eigenvalue weighted by Crippen LogP contribution is 2.11. The zero-order valence-corrected chi connectivity index (χ0v) is 9.93. The standard InChI is InChI=1S/C11H14O5S/c12-11(13)10(17(14,15)16)8-4-7-9-5-2-1-3-6-9/h1-3,5-6,10H,4,7-8H2,(H,12,13)(H,14,15,16). The molecule has 0 heterocycles. The molecule has 1 unspecified atom stereocenters. The molecule has 1 aromatic rings. The molecule has 1 aromatic carbocycles. The van der Waals surface area contributed by atoms with Gasteiger partial charge in [0.25, 0.3) is 10.1 Å². The fourth-order valence-corrected chi connectivity index (χ4v) is 2.26. The lowest BCUT2D eigenvalue weighted by Crippen LogP contribution is -2.29. The van der Waals surface area contributed by atoms with Gasteiger partial charge in [-0.05, 0) is 24.8 Å². The third-order valence-electron chi connectivity index (χ3n) is 2.41. The summed E-state index contributed by atoms with van der Waals surface area (Å²) in [5, 5.41) is 6.94. The lowest BCUT2D eigenvalue weighted by atomic mass is 10.1. The molecular weight excluding hydrogens is 244 g/mol. The number of carbonyl (C=O) groups is 1. The highest BCUT2D eigenvalue weighted by Gasteiger charge is 2.29. The maximum Gasteiger partial charge on any atom is 0.324 e. The Morgan fingerprint density at radius 1 is 1.24 bits per heavy atom. The molecule has 0 fully saturated rings. The quantitative estimate of drug-likeness (QED) is 0.751. The van der Waals surface area contributed by atoms with E-state index in [1.54, 1.807) is 0 Å². The first-order valence-electron chi connectivity index (χ1n) is 5.14. The van der Waals surface area contributed by atoms with Gasteiger partial charge in [-0.25, -0.2) is 0 Å². The summed E-state index contributed by atoms with van der Waals surface area (Å²) in [5.74, 6) is -1.51. The maximum atomic E-state index is 10.8. The second-order valence-electron chi connectivity index (χ2n) is 3.72. The van der Waals surface area contributed by atoms with Crippen molar-refractivity contribution in [1.29, 1.82) is 0 Å². The first kappa shape index (κ1) is 13.7. The smallest absolute Gasteiger partial charge is 0.324 e. The van der Waals surface area contributed by atoms with Crippen molar-refractivity contribution >= 4 is 16.1 Å². The Hall–Kier alpha value is -1.40. The molecule has 1 rings (SSSR count). The Morgan fingerprint density at radius 3 is 2.29 bits per heavy atom. The van der Waals surface area contributed by atoms with Gasteiger partial charge < -0.3 is 5.11 Å². The number of hydrogen-bond acceptors (Lipinski definition) is 3. The van der Waals surface area contributed by atoms with E-state index in [2.05, 4.69) is 0 Å². The molecule has 0 spiro atoms. The van der Waals surface area contributed by atoms with Gasteiger partial charge in [-0.15, -0.1) is 0 Å². The van der Waals surface area contributed by atoms with E-state index in [0.29, 0.717) is 12.8 Å². The van der Waals surface area contributed by atoms with Crippen molar-refractivity contribution < 1.29 is 22.9 Å². The van der Waals surface area contributed by atoms with Gasteiger partial charge in [-0.3, -0.25) is 9.35 Å². The van der Waals surface area contributed by atoms with Gasteiger partial charge in [0.2, 0.25) is 0 Å². The van der Waals surface area contributed by atoms with Gasteiger partial charge in [0.15, 0.2) is 5.25 Å². The highest BCUT2D eigenvalue weighted by atomic mass is 32.2. The van der Waals surface area contributed by atoms with Crippen LogP contribution in [-0.4, -0.2) is 29.3 Å². The second-order valence-corrected chi connectivity index (χ2v) is 5.32. The molecule has 0 aliphatic heterocycles. The SMILES string of the molecule is O=C(O)C(CCCc1ccccc1)S(=O)(=O)O. The molecule has 0 saturated carbocycles. The zero-order valence-electron chi connectivity index (χ0n) is 9.11. The van der Waals surface area contributed by atoms with Gasteiger partial charge in [-0.2, -0.15) is 8.42 Å². The molecule has 1 atom stereocenters. The molecular formula is C11H14O5S. The van der Waals surface area contributed by atoms with Crippen LogP contribution in [0.5, 0.6) is 0 Å². The third-order valence-corrected chi connectivity index (χ3v) is 3.57. The summed E-state index contributed by atoms with van der Waals surface area (Å²) in [6.45, 7) is 0. The summed E-state index contributed by atoms with van der Waals surface area (Å²) in [4.78, 5) is 10.6. The van der Waals surface area contributed by atoms with E-state index >= 15 is 0 Å². The van der Waals surface area contributed by atoms with Crippen molar-refractivity contribution in [1.82, 2.24) is 0 Å². The number of aliphatic carboxylic acids is 1. The van der Waals surface area contributed by atoms with E-state index in [4.69, 9.17) is 9.66 Å². The minimum Gasteiger partial charge on any atom is -0.480 e. The van der Waals surface area contributed by atoms with Crippen LogP contribution in [0.4, 0.5) is 0 Å². The third kappa shape index (κ3) is 4.54. The van der Waals surface area contributed by atoms with E-state index in [9.17, 15) is 13.2 Å². The minimum absolute atomic E-state index is 0.0942. The zero-order chi connectivity index (χ0) is 12.9. The van der Waals surface area contributed by atoms with E-state index in [1.807, 2.05) is 30.3 Å². The average molecular weight is 258 g/mol. The minimum atomic E-state index is -4.52. The lowest BCUT2D eigenvalue weighted by Gasteiger charge is -2.08. The highest BCUT2D eigenvalue weighted by molar-refractivity contribution is 7.87. The average Bonchev–Trinajstić information content (AvgIpc) is 2.23. The van der Waals surface area contributed by atoms with Crippen molar-refractivity contribution in [3.63, 3.8) is 0 Å². The summed E-state index contributed by atoms with van der Waals surface area (Å²) in [7, 11) is -4.52. The van der Waals surface area contributed by atoms with E-state index in [-0.39, 0.29) is 6.42 Å². The van der Waals surface area contributed by atoms with Crippen LogP contribution in [0.15, 0.2) is 30.3 Å². The summed E-state index contributed by atoms with van der Waals surface area (Å²) in [6, 6.07) is 9.33. The van der Waals surface area contributed by atoms with E-state index in [1.165, 1.54) is 0 Å². The number of carboxylic acids is 1. The number of benzene rings is 1. The molecule has 0 amide bonds. The monoisotopic (exact) mass is 258 g/mol. The molecule has 0 bridgehead atoms.